The number of aliphatic hydroxyl groups excluding tert-OH is 1. The lowest BCUT2D eigenvalue weighted by Crippen LogP contribution is -2.39. The molecule has 3 aliphatic rings. The Hall–Kier alpha value is -0.870. The average molecular weight is 292 g/mol. The fourth-order valence-electron chi connectivity index (χ4n) is 5.14. The minimum absolute atomic E-state index is 0.0102. The van der Waals surface area contributed by atoms with Gasteiger partial charge in [0, 0.05) is 17.9 Å². The molecule has 0 aromatic heterocycles. The Morgan fingerprint density at radius 2 is 2.05 bits per heavy atom. The molecule has 20 heavy (non-hydrogen) atoms. The van der Waals surface area contributed by atoms with Crippen molar-refractivity contribution in [1.29, 1.82) is 0 Å². The Balaban J connectivity index is 1.84. The second kappa shape index (κ2) is 4.08. The van der Waals surface area contributed by atoms with Crippen molar-refractivity contribution in [3.05, 3.63) is 29.8 Å². The zero-order valence-electron chi connectivity index (χ0n) is 11.5. The van der Waals surface area contributed by atoms with Gasteiger partial charge in [0.2, 0.25) is 0 Å². The van der Waals surface area contributed by atoms with Gasteiger partial charge >= 0.3 is 0 Å². The van der Waals surface area contributed by atoms with Crippen LogP contribution >= 0.6 is 0 Å². The molecule has 108 valence electrons. The average Bonchev–Trinajstić information content (AvgIpc) is 3.11. The van der Waals surface area contributed by atoms with Crippen LogP contribution in [0.25, 0.3) is 0 Å². The normalized spacial score (nSPS) is 41.0. The lowest BCUT2D eigenvalue weighted by Gasteiger charge is -2.41. The van der Waals surface area contributed by atoms with Gasteiger partial charge in [-0.3, -0.25) is 0 Å². The van der Waals surface area contributed by atoms with Gasteiger partial charge in [-0.15, -0.1) is 0 Å². The summed E-state index contributed by atoms with van der Waals surface area (Å²) >= 11 is 0. The van der Waals surface area contributed by atoms with Crippen LogP contribution in [0.3, 0.4) is 0 Å². The van der Waals surface area contributed by atoms with Gasteiger partial charge < -0.3 is 5.11 Å². The first-order valence-corrected chi connectivity index (χ1v) is 9.14. The molecule has 2 bridgehead atoms. The molecule has 4 atom stereocenters. The van der Waals surface area contributed by atoms with E-state index in [1.807, 2.05) is 12.1 Å². The maximum Gasteiger partial charge on any atom is 0.179 e. The Morgan fingerprint density at radius 3 is 2.70 bits per heavy atom. The van der Waals surface area contributed by atoms with Crippen LogP contribution in [0.4, 0.5) is 0 Å². The van der Waals surface area contributed by atoms with Crippen LogP contribution in [-0.2, 0) is 9.84 Å². The molecule has 1 aromatic carbocycles. The second-order valence-electron chi connectivity index (χ2n) is 6.84. The Bertz CT molecular complexity index is 651. The summed E-state index contributed by atoms with van der Waals surface area (Å²) in [4.78, 5) is 0.501. The van der Waals surface area contributed by atoms with E-state index in [1.165, 1.54) is 12.8 Å². The molecule has 0 spiro atoms. The van der Waals surface area contributed by atoms with Crippen LogP contribution < -0.4 is 0 Å². The Morgan fingerprint density at radius 1 is 1.25 bits per heavy atom. The highest BCUT2D eigenvalue weighted by atomic mass is 32.2. The van der Waals surface area contributed by atoms with Gasteiger partial charge in [-0.05, 0) is 42.7 Å². The van der Waals surface area contributed by atoms with Crippen molar-refractivity contribution in [2.24, 2.45) is 17.3 Å². The smallest absolute Gasteiger partial charge is 0.179 e. The molecular formula is C16H20O3S. The molecule has 3 nitrogen and oxygen atoms in total. The first-order chi connectivity index (χ1) is 9.57. The predicted molar refractivity (Wildman–Crippen MR) is 76.2 cm³/mol. The summed E-state index contributed by atoms with van der Waals surface area (Å²) in [6.45, 7) is 0.128. The fourth-order valence-corrected chi connectivity index (χ4v) is 7.13. The standard InChI is InChI=1S/C16H20O3S/c17-10-16(8-11-5-6-12(16)7-11)14-9-20(18,19)15-4-2-1-3-13(14)15/h1-4,11-12,14,17H,5-10H2. The lowest BCUT2D eigenvalue weighted by molar-refractivity contribution is 0.0439. The van der Waals surface area contributed by atoms with Crippen molar-refractivity contribution < 1.29 is 13.5 Å². The van der Waals surface area contributed by atoms with Crippen LogP contribution in [0.5, 0.6) is 0 Å². The van der Waals surface area contributed by atoms with Crippen molar-refractivity contribution in [2.75, 3.05) is 12.4 Å². The quantitative estimate of drug-likeness (QED) is 0.910. The van der Waals surface area contributed by atoms with E-state index >= 15 is 0 Å². The topological polar surface area (TPSA) is 54.4 Å². The van der Waals surface area contributed by atoms with Crippen LogP contribution in [0.2, 0.25) is 0 Å². The van der Waals surface area contributed by atoms with Crippen molar-refractivity contribution in [3.63, 3.8) is 0 Å². The van der Waals surface area contributed by atoms with Crippen molar-refractivity contribution >= 4 is 9.84 Å². The van der Waals surface area contributed by atoms with E-state index in [9.17, 15) is 13.5 Å². The summed E-state index contributed by atoms with van der Waals surface area (Å²) in [7, 11) is -3.17. The minimum atomic E-state index is -3.17. The van der Waals surface area contributed by atoms with Gasteiger partial charge in [0.25, 0.3) is 0 Å². The number of rotatable bonds is 2. The van der Waals surface area contributed by atoms with E-state index in [1.54, 1.807) is 12.1 Å². The first-order valence-electron chi connectivity index (χ1n) is 7.49. The Labute approximate surface area is 119 Å². The van der Waals surface area contributed by atoms with E-state index in [2.05, 4.69) is 0 Å². The highest BCUT2D eigenvalue weighted by Crippen LogP contribution is 2.63. The number of hydrogen-bond acceptors (Lipinski definition) is 3. The number of sulfone groups is 1. The zero-order valence-corrected chi connectivity index (χ0v) is 12.3. The molecule has 2 saturated carbocycles. The lowest BCUT2D eigenvalue weighted by atomic mass is 9.64. The third kappa shape index (κ3) is 1.52. The molecule has 0 radical (unpaired) electrons. The van der Waals surface area contributed by atoms with Crippen LogP contribution in [0.1, 0.15) is 37.2 Å². The summed E-state index contributed by atoms with van der Waals surface area (Å²) in [5.74, 6) is 1.38. The molecule has 1 aliphatic heterocycles. The van der Waals surface area contributed by atoms with Gasteiger partial charge in [0.15, 0.2) is 9.84 Å². The van der Waals surface area contributed by atoms with E-state index < -0.39 is 9.84 Å². The molecule has 4 rings (SSSR count). The van der Waals surface area contributed by atoms with E-state index in [-0.39, 0.29) is 23.7 Å². The molecule has 4 unspecified atom stereocenters. The predicted octanol–water partition coefficient (Wildman–Crippen LogP) is 2.36. The summed E-state index contributed by atoms with van der Waals surface area (Å²) in [5.41, 5.74) is 0.761. The molecule has 2 fully saturated rings. The summed E-state index contributed by atoms with van der Waals surface area (Å²) in [6, 6.07) is 7.40. The molecule has 2 aliphatic carbocycles. The zero-order chi connectivity index (χ0) is 14.0. The van der Waals surface area contributed by atoms with E-state index in [0.717, 1.165) is 18.4 Å². The van der Waals surface area contributed by atoms with E-state index in [4.69, 9.17) is 0 Å². The maximum absolute atomic E-state index is 12.4. The molecule has 0 saturated heterocycles. The number of fused-ring (bicyclic) bond motifs is 3. The SMILES string of the molecule is O=S1(=O)CC(C2(CO)CC3CCC2C3)c2ccccc21. The minimum Gasteiger partial charge on any atom is -0.396 e. The van der Waals surface area contributed by atoms with Crippen LogP contribution in [0.15, 0.2) is 29.2 Å². The third-order valence-electron chi connectivity index (χ3n) is 6.03. The first kappa shape index (κ1) is 12.8. The monoisotopic (exact) mass is 292 g/mol. The number of aliphatic hydroxyl groups is 1. The largest absolute Gasteiger partial charge is 0.396 e. The van der Waals surface area contributed by atoms with Gasteiger partial charge in [0.1, 0.15) is 0 Å². The summed E-state index contributed by atoms with van der Waals surface area (Å²) in [6.07, 6.45) is 4.60. The van der Waals surface area contributed by atoms with Crippen LogP contribution in [0, 0.1) is 17.3 Å². The highest BCUT2D eigenvalue weighted by molar-refractivity contribution is 7.91. The molecular weight excluding hydrogens is 272 g/mol. The highest BCUT2D eigenvalue weighted by Gasteiger charge is 2.57. The Kier molecular flexibility index (Phi) is 2.62. The molecule has 1 heterocycles. The number of hydrogen-bond donors (Lipinski definition) is 1. The molecule has 4 heteroatoms. The third-order valence-corrected chi connectivity index (χ3v) is 7.84. The summed E-state index contributed by atoms with van der Waals surface area (Å²) < 4.78 is 24.8. The van der Waals surface area contributed by atoms with Gasteiger partial charge in [-0.25, -0.2) is 8.42 Å². The fraction of sp³-hybridized carbons (Fsp3) is 0.625. The molecule has 0 amide bonds. The van der Waals surface area contributed by atoms with E-state index in [0.29, 0.717) is 16.7 Å². The second-order valence-corrected chi connectivity index (χ2v) is 8.85. The molecule has 1 aromatic rings. The van der Waals surface area contributed by atoms with Crippen molar-refractivity contribution in [2.45, 2.75) is 36.5 Å². The van der Waals surface area contributed by atoms with Crippen molar-refractivity contribution in [3.8, 4) is 0 Å². The van der Waals surface area contributed by atoms with Gasteiger partial charge in [-0.2, -0.15) is 0 Å². The molecule has 1 N–H and O–H groups in total. The van der Waals surface area contributed by atoms with Crippen molar-refractivity contribution in [1.82, 2.24) is 0 Å². The van der Waals surface area contributed by atoms with Gasteiger partial charge in [-0.1, -0.05) is 24.6 Å². The number of benzene rings is 1. The van der Waals surface area contributed by atoms with Gasteiger partial charge in [0.05, 0.1) is 10.6 Å². The summed E-state index contributed by atoms with van der Waals surface area (Å²) in [5, 5.41) is 10.1. The van der Waals surface area contributed by atoms with Crippen LogP contribution in [-0.4, -0.2) is 25.9 Å². The maximum atomic E-state index is 12.4.